The molecular weight excluding hydrogens is 314 g/mol. The van der Waals surface area contributed by atoms with E-state index in [1.165, 1.54) is 25.2 Å². The second kappa shape index (κ2) is 7.62. The summed E-state index contributed by atoms with van der Waals surface area (Å²) < 4.78 is 27.1. The molecule has 0 saturated carbocycles. The summed E-state index contributed by atoms with van der Waals surface area (Å²) in [5.41, 5.74) is 0.0447. The second-order valence-corrected chi connectivity index (χ2v) is 7.25. The van der Waals surface area contributed by atoms with Gasteiger partial charge in [0.05, 0.1) is 10.6 Å². The molecule has 0 aliphatic rings. The number of nitro benzene ring substituents is 1. The summed E-state index contributed by atoms with van der Waals surface area (Å²) in [6, 6.07) is 3.63. The Labute approximate surface area is 128 Å². The van der Waals surface area contributed by atoms with Crippen molar-refractivity contribution in [2.75, 3.05) is 30.9 Å². The number of nitrogens with one attached hydrogen (secondary N) is 2. The minimum atomic E-state index is -3.70. The highest BCUT2D eigenvalue weighted by Gasteiger charge is 2.21. The fourth-order valence-electron chi connectivity index (χ4n) is 1.73. The second-order valence-electron chi connectivity index (χ2n) is 4.60. The molecule has 1 unspecified atom stereocenters. The molecule has 1 rings (SSSR count). The molecular formula is C12H19N3O4S2. The smallest absolute Gasteiger partial charge is 0.271 e. The van der Waals surface area contributed by atoms with Crippen LogP contribution in [-0.4, -0.2) is 38.9 Å². The zero-order valence-corrected chi connectivity index (χ0v) is 13.8. The molecule has 0 bridgehead atoms. The standard InChI is InChI=1S/C12H19N3O4S2/c1-9(8-20-3)7-14-21(18,19)12-5-4-10(15(16)17)6-11(12)13-2/h4-6,9,13-14H,7-8H2,1-3H3. The first-order valence-electron chi connectivity index (χ1n) is 6.26. The molecule has 0 aromatic heterocycles. The highest BCUT2D eigenvalue weighted by molar-refractivity contribution is 7.98. The molecule has 118 valence electrons. The topological polar surface area (TPSA) is 101 Å². The molecule has 1 aromatic rings. The summed E-state index contributed by atoms with van der Waals surface area (Å²) in [6.45, 7) is 2.27. The van der Waals surface area contributed by atoms with Gasteiger partial charge in [-0.15, -0.1) is 0 Å². The van der Waals surface area contributed by atoms with E-state index in [1.54, 1.807) is 11.8 Å². The van der Waals surface area contributed by atoms with Crippen molar-refractivity contribution in [3.8, 4) is 0 Å². The first-order valence-corrected chi connectivity index (χ1v) is 9.14. The number of nitro groups is 1. The lowest BCUT2D eigenvalue weighted by Crippen LogP contribution is -2.29. The fraction of sp³-hybridized carbons (Fsp3) is 0.500. The Kier molecular flexibility index (Phi) is 6.43. The number of nitrogens with zero attached hydrogens (tertiary/aromatic N) is 1. The number of sulfonamides is 1. The van der Waals surface area contributed by atoms with Crippen LogP contribution in [0.15, 0.2) is 23.1 Å². The van der Waals surface area contributed by atoms with Crippen LogP contribution >= 0.6 is 11.8 Å². The predicted octanol–water partition coefficient (Wildman–Crippen LogP) is 1.91. The minimum Gasteiger partial charge on any atom is -0.387 e. The van der Waals surface area contributed by atoms with E-state index in [4.69, 9.17) is 0 Å². The van der Waals surface area contributed by atoms with Gasteiger partial charge < -0.3 is 5.32 Å². The zero-order valence-electron chi connectivity index (χ0n) is 12.1. The van der Waals surface area contributed by atoms with Crippen LogP contribution in [-0.2, 0) is 10.0 Å². The van der Waals surface area contributed by atoms with Crippen LogP contribution in [0.1, 0.15) is 6.92 Å². The van der Waals surface area contributed by atoms with Crippen LogP contribution in [0, 0.1) is 16.0 Å². The summed E-state index contributed by atoms with van der Waals surface area (Å²) >= 11 is 1.65. The van der Waals surface area contributed by atoms with Crippen LogP contribution in [0.3, 0.4) is 0 Å². The van der Waals surface area contributed by atoms with E-state index in [-0.39, 0.29) is 22.2 Å². The highest BCUT2D eigenvalue weighted by atomic mass is 32.2. The fourth-order valence-corrected chi connectivity index (χ4v) is 3.78. The van der Waals surface area contributed by atoms with E-state index in [1.807, 2.05) is 13.2 Å². The third kappa shape index (κ3) is 4.87. The molecule has 21 heavy (non-hydrogen) atoms. The molecule has 9 heteroatoms. The molecule has 0 fully saturated rings. The molecule has 0 heterocycles. The average molecular weight is 333 g/mol. The Morgan fingerprint density at radius 2 is 2.10 bits per heavy atom. The van der Waals surface area contributed by atoms with E-state index in [0.717, 1.165) is 5.75 Å². The Morgan fingerprint density at radius 3 is 2.62 bits per heavy atom. The molecule has 0 saturated heterocycles. The van der Waals surface area contributed by atoms with E-state index >= 15 is 0 Å². The molecule has 0 aliphatic heterocycles. The van der Waals surface area contributed by atoms with Crippen molar-refractivity contribution >= 4 is 33.2 Å². The largest absolute Gasteiger partial charge is 0.387 e. The molecule has 1 aromatic carbocycles. The van der Waals surface area contributed by atoms with Gasteiger partial charge >= 0.3 is 0 Å². The van der Waals surface area contributed by atoms with Gasteiger partial charge in [-0.1, -0.05) is 6.92 Å². The number of non-ortho nitro benzene ring substituents is 1. The molecule has 1 atom stereocenters. The average Bonchev–Trinajstić information content (AvgIpc) is 2.44. The first kappa shape index (κ1) is 17.7. The van der Waals surface area contributed by atoms with Gasteiger partial charge in [0.1, 0.15) is 4.90 Å². The van der Waals surface area contributed by atoms with Gasteiger partial charge in [0.15, 0.2) is 0 Å². The molecule has 2 N–H and O–H groups in total. The maximum Gasteiger partial charge on any atom is 0.271 e. The third-order valence-electron chi connectivity index (χ3n) is 2.81. The van der Waals surface area contributed by atoms with Crippen LogP contribution in [0.5, 0.6) is 0 Å². The predicted molar refractivity (Wildman–Crippen MR) is 85.4 cm³/mol. The Bertz CT molecular complexity index is 605. The van der Waals surface area contributed by atoms with Crippen LogP contribution < -0.4 is 10.0 Å². The minimum absolute atomic E-state index is 0.00644. The van der Waals surface area contributed by atoms with E-state index in [2.05, 4.69) is 10.0 Å². The number of anilines is 1. The van der Waals surface area contributed by atoms with Crippen LogP contribution in [0.2, 0.25) is 0 Å². The van der Waals surface area contributed by atoms with E-state index in [9.17, 15) is 18.5 Å². The molecule has 7 nitrogen and oxygen atoms in total. The molecule has 0 amide bonds. The van der Waals surface area contributed by atoms with Crippen molar-refractivity contribution in [2.24, 2.45) is 5.92 Å². The van der Waals surface area contributed by atoms with Gasteiger partial charge in [-0.05, 0) is 24.0 Å². The molecule has 0 radical (unpaired) electrons. The van der Waals surface area contributed by atoms with Crippen LogP contribution in [0.4, 0.5) is 11.4 Å². The van der Waals surface area contributed by atoms with Gasteiger partial charge in [-0.3, -0.25) is 10.1 Å². The van der Waals surface area contributed by atoms with Gasteiger partial charge in [0.2, 0.25) is 10.0 Å². The van der Waals surface area contributed by atoms with E-state index < -0.39 is 14.9 Å². The quantitative estimate of drug-likeness (QED) is 0.557. The lowest BCUT2D eigenvalue weighted by atomic mass is 10.2. The molecule has 0 spiro atoms. The van der Waals surface area contributed by atoms with Gasteiger partial charge in [-0.25, -0.2) is 13.1 Å². The Hall–Kier alpha value is -1.32. The Morgan fingerprint density at radius 1 is 1.43 bits per heavy atom. The monoisotopic (exact) mass is 333 g/mol. The maximum atomic E-state index is 12.3. The van der Waals surface area contributed by atoms with Crippen LogP contribution in [0.25, 0.3) is 0 Å². The third-order valence-corrected chi connectivity index (χ3v) is 5.19. The number of thioether (sulfide) groups is 1. The summed E-state index contributed by atoms with van der Waals surface area (Å²) in [5, 5.41) is 13.4. The van der Waals surface area contributed by atoms with Gasteiger partial charge in [0.25, 0.3) is 5.69 Å². The lowest BCUT2D eigenvalue weighted by Gasteiger charge is -2.14. The van der Waals surface area contributed by atoms with E-state index in [0.29, 0.717) is 6.54 Å². The van der Waals surface area contributed by atoms with Crippen molar-refractivity contribution in [1.29, 1.82) is 0 Å². The number of rotatable bonds is 8. The SMILES string of the molecule is CNc1cc([N+](=O)[O-])ccc1S(=O)(=O)NCC(C)CSC. The number of benzene rings is 1. The number of hydrogen-bond donors (Lipinski definition) is 2. The maximum absolute atomic E-state index is 12.3. The summed E-state index contributed by atoms with van der Waals surface area (Å²) in [7, 11) is -2.18. The van der Waals surface area contributed by atoms with Gasteiger partial charge in [0, 0.05) is 25.7 Å². The molecule has 0 aliphatic carbocycles. The van der Waals surface area contributed by atoms with Crippen molar-refractivity contribution in [3.63, 3.8) is 0 Å². The van der Waals surface area contributed by atoms with Crippen molar-refractivity contribution in [1.82, 2.24) is 4.72 Å². The first-order chi connectivity index (χ1) is 9.81. The summed E-state index contributed by atoms with van der Waals surface area (Å²) in [5.74, 6) is 1.05. The lowest BCUT2D eigenvalue weighted by molar-refractivity contribution is -0.384. The zero-order chi connectivity index (χ0) is 16.0. The van der Waals surface area contributed by atoms with Crippen molar-refractivity contribution < 1.29 is 13.3 Å². The normalized spacial score (nSPS) is 12.9. The van der Waals surface area contributed by atoms with Gasteiger partial charge in [-0.2, -0.15) is 11.8 Å². The van der Waals surface area contributed by atoms with Crippen molar-refractivity contribution in [2.45, 2.75) is 11.8 Å². The summed E-state index contributed by atoms with van der Waals surface area (Å²) in [6.07, 6.45) is 1.96. The van der Waals surface area contributed by atoms with Crippen molar-refractivity contribution in [3.05, 3.63) is 28.3 Å². The highest BCUT2D eigenvalue weighted by Crippen LogP contribution is 2.26. The Balaban J connectivity index is 3.00. The number of hydrogen-bond acceptors (Lipinski definition) is 6. The summed E-state index contributed by atoms with van der Waals surface area (Å²) in [4.78, 5) is 10.2.